The fourth-order valence-corrected chi connectivity index (χ4v) is 5.46. The molecule has 0 radical (unpaired) electrons. The first-order valence-corrected chi connectivity index (χ1v) is 14.1. The molecule has 0 aliphatic carbocycles. The Balaban J connectivity index is 1.55. The highest BCUT2D eigenvalue weighted by Crippen LogP contribution is 2.35. The van der Waals surface area contributed by atoms with Gasteiger partial charge in [-0.3, -0.25) is 9.52 Å². The van der Waals surface area contributed by atoms with Crippen molar-refractivity contribution in [2.24, 2.45) is 0 Å². The van der Waals surface area contributed by atoms with E-state index in [1.54, 1.807) is 54.7 Å². The first-order valence-electron chi connectivity index (χ1n) is 12.6. The molecule has 0 atom stereocenters. The van der Waals surface area contributed by atoms with Crippen molar-refractivity contribution < 1.29 is 13.2 Å². The number of pyridine rings is 1. The van der Waals surface area contributed by atoms with Gasteiger partial charge in [0.05, 0.1) is 4.90 Å². The summed E-state index contributed by atoms with van der Waals surface area (Å²) in [6.45, 7) is 8.24. The highest BCUT2D eigenvalue weighted by molar-refractivity contribution is 7.92. The van der Waals surface area contributed by atoms with Crippen LogP contribution >= 0.6 is 0 Å². The van der Waals surface area contributed by atoms with Crippen molar-refractivity contribution in [3.05, 3.63) is 108 Å². The molecule has 5 aromatic rings. The van der Waals surface area contributed by atoms with Crippen molar-refractivity contribution in [3.8, 4) is 11.1 Å². The van der Waals surface area contributed by atoms with Gasteiger partial charge in [0, 0.05) is 28.4 Å². The minimum Gasteiger partial charge on any atom is -0.350 e. The van der Waals surface area contributed by atoms with E-state index in [1.165, 1.54) is 0 Å². The summed E-state index contributed by atoms with van der Waals surface area (Å²) in [5.41, 5.74) is 5.02. The zero-order valence-corrected chi connectivity index (χ0v) is 23.1. The number of hydrogen-bond acceptors (Lipinski definition) is 4. The number of amides is 1. The molecule has 0 fully saturated rings. The molecule has 2 aromatic heterocycles. The van der Waals surface area contributed by atoms with Crippen molar-refractivity contribution in [2.45, 2.75) is 38.0 Å². The fourth-order valence-electron chi connectivity index (χ4n) is 4.41. The lowest BCUT2D eigenvalue weighted by atomic mass is 9.87. The SMILES string of the molecule is Cc1ccc(-c2c(C(=O)Nc3ccccn3)[nH]c3ccc(NS(=O)(=O)c4ccc(C(C)(C)C)cc4)cc23)cc1. The molecule has 1 amide bonds. The molecule has 0 spiro atoms. The van der Waals surface area contributed by atoms with Crippen LogP contribution < -0.4 is 10.0 Å². The van der Waals surface area contributed by atoms with E-state index in [1.807, 2.05) is 43.3 Å². The predicted octanol–water partition coefficient (Wildman–Crippen LogP) is 6.89. The van der Waals surface area contributed by atoms with Gasteiger partial charge < -0.3 is 10.3 Å². The molecule has 0 saturated carbocycles. The van der Waals surface area contributed by atoms with Crippen LogP contribution in [0.2, 0.25) is 0 Å². The minimum absolute atomic E-state index is 0.0814. The van der Waals surface area contributed by atoms with Crippen LogP contribution in [-0.2, 0) is 15.4 Å². The smallest absolute Gasteiger partial charge is 0.273 e. The van der Waals surface area contributed by atoms with Crippen LogP contribution in [0.25, 0.3) is 22.0 Å². The number of sulfonamides is 1. The Morgan fingerprint density at radius 1 is 0.897 bits per heavy atom. The van der Waals surface area contributed by atoms with Crippen LogP contribution in [0.1, 0.15) is 42.4 Å². The van der Waals surface area contributed by atoms with Crippen LogP contribution in [-0.4, -0.2) is 24.3 Å². The molecule has 2 heterocycles. The van der Waals surface area contributed by atoms with E-state index >= 15 is 0 Å². The number of anilines is 2. The van der Waals surface area contributed by atoms with Gasteiger partial charge >= 0.3 is 0 Å². The number of nitrogens with one attached hydrogen (secondary N) is 3. The van der Waals surface area contributed by atoms with Gasteiger partial charge in [0.2, 0.25) is 0 Å². The Labute approximate surface area is 228 Å². The first-order chi connectivity index (χ1) is 18.5. The third-order valence-electron chi connectivity index (χ3n) is 6.56. The Morgan fingerprint density at radius 3 is 2.26 bits per heavy atom. The monoisotopic (exact) mass is 538 g/mol. The molecule has 0 aliphatic heterocycles. The summed E-state index contributed by atoms with van der Waals surface area (Å²) in [5, 5.41) is 3.55. The molecule has 0 saturated heterocycles. The van der Waals surface area contributed by atoms with Crippen molar-refractivity contribution in [2.75, 3.05) is 10.0 Å². The van der Waals surface area contributed by atoms with E-state index in [2.05, 4.69) is 40.8 Å². The lowest BCUT2D eigenvalue weighted by Crippen LogP contribution is -2.14. The molecule has 0 aliphatic rings. The zero-order valence-electron chi connectivity index (χ0n) is 22.2. The normalized spacial score (nSPS) is 11.9. The Hall–Kier alpha value is -4.43. The average molecular weight is 539 g/mol. The second-order valence-electron chi connectivity index (χ2n) is 10.6. The molecule has 198 valence electrons. The molecular weight excluding hydrogens is 508 g/mol. The highest BCUT2D eigenvalue weighted by atomic mass is 32.2. The molecule has 5 rings (SSSR count). The first kappa shape index (κ1) is 26.2. The molecule has 39 heavy (non-hydrogen) atoms. The van der Waals surface area contributed by atoms with Crippen molar-refractivity contribution in [1.82, 2.24) is 9.97 Å². The number of aromatic amines is 1. The van der Waals surface area contributed by atoms with E-state index in [9.17, 15) is 13.2 Å². The number of carbonyl (C=O) groups is 1. The van der Waals surface area contributed by atoms with E-state index in [0.717, 1.165) is 16.7 Å². The molecule has 8 heteroatoms. The van der Waals surface area contributed by atoms with Crippen LogP contribution in [0.4, 0.5) is 11.5 Å². The molecular formula is C31H30N4O3S. The molecule has 0 bridgehead atoms. The number of H-pyrrole nitrogens is 1. The third-order valence-corrected chi connectivity index (χ3v) is 7.95. The van der Waals surface area contributed by atoms with Gasteiger partial charge in [0.25, 0.3) is 15.9 Å². The number of benzene rings is 3. The molecule has 7 nitrogen and oxygen atoms in total. The number of rotatable bonds is 6. The Morgan fingerprint density at radius 2 is 1.62 bits per heavy atom. The summed E-state index contributed by atoms with van der Waals surface area (Å²) in [6, 6.07) is 25.2. The number of hydrogen-bond donors (Lipinski definition) is 3. The lowest BCUT2D eigenvalue weighted by molar-refractivity contribution is 0.102. The standard InChI is InChI=1S/C31H30N4O3S/c1-20-8-10-21(11-9-20)28-25-19-23(35-39(37,38)24-15-12-22(13-16-24)31(2,3)4)14-17-26(25)33-29(28)30(36)34-27-7-5-6-18-32-27/h5-19,33,35H,1-4H3,(H,32,34,36). The number of fused-ring (bicyclic) bond motifs is 1. The summed E-state index contributed by atoms with van der Waals surface area (Å²) in [7, 11) is -3.83. The molecule has 3 N–H and O–H groups in total. The largest absolute Gasteiger partial charge is 0.350 e. The second-order valence-corrected chi connectivity index (χ2v) is 12.2. The van der Waals surface area contributed by atoms with E-state index in [-0.39, 0.29) is 16.2 Å². The minimum atomic E-state index is -3.83. The van der Waals surface area contributed by atoms with Gasteiger partial charge in [0.15, 0.2) is 0 Å². The second kappa shape index (κ2) is 10.0. The number of nitrogens with zero attached hydrogens (tertiary/aromatic N) is 1. The Kier molecular flexibility index (Phi) is 6.74. The van der Waals surface area contributed by atoms with E-state index in [0.29, 0.717) is 33.7 Å². The quantitative estimate of drug-likeness (QED) is 0.219. The number of aromatic nitrogens is 2. The average Bonchev–Trinajstić information content (AvgIpc) is 3.28. The van der Waals surface area contributed by atoms with Gasteiger partial charge in [-0.25, -0.2) is 13.4 Å². The van der Waals surface area contributed by atoms with Crippen molar-refractivity contribution in [3.63, 3.8) is 0 Å². The van der Waals surface area contributed by atoms with Crippen molar-refractivity contribution in [1.29, 1.82) is 0 Å². The van der Waals surface area contributed by atoms with Crippen LogP contribution in [0.15, 0.2) is 96.0 Å². The van der Waals surface area contributed by atoms with Crippen LogP contribution in [0.5, 0.6) is 0 Å². The fraction of sp³-hybridized carbons (Fsp3) is 0.161. The summed E-state index contributed by atoms with van der Waals surface area (Å²) in [6.07, 6.45) is 1.61. The topological polar surface area (TPSA) is 104 Å². The predicted molar refractivity (Wildman–Crippen MR) is 157 cm³/mol. The summed E-state index contributed by atoms with van der Waals surface area (Å²) < 4.78 is 29.1. The maximum Gasteiger partial charge on any atom is 0.273 e. The van der Waals surface area contributed by atoms with Crippen LogP contribution in [0.3, 0.4) is 0 Å². The van der Waals surface area contributed by atoms with Gasteiger partial charge in [0.1, 0.15) is 11.5 Å². The maximum atomic E-state index is 13.3. The zero-order chi connectivity index (χ0) is 27.8. The molecule has 0 unspecified atom stereocenters. The summed E-state index contributed by atoms with van der Waals surface area (Å²) in [5.74, 6) is 0.0866. The van der Waals surface area contributed by atoms with Gasteiger partial charge in [-0.1, -0.05) is 68.8 Å². The van der Waals surface area contributed by atoms with E-state index in [4.69, 9.17) is 0 Å². The van der Waals surface area contributed by atoms with Gasteiger partial charge in [-0.05, 0) is 65.9 Å². The van der Waals surface area contributed by atoms with Gasteiger partial charge in [-0.15, -0.1) is 0 Å². The van der Waals surface area contributed by atoms with E-state index < -0.39 is 10.0 Å². The summed E-state index contributed by atoms with van der Waals surface area (Å²) >= 11 is 0. The highest BCUT2D eigenvalue weighted by Gasteiger charge is 2.22. The number of aryl methyl sites for hydroxylation is 1. The third kappa shape index (κ3) is 5.56. The van der Waals surface area contributed by atoms with Gasteiger partial charge in [-0.2, -0.15) is 0 Å². The molecule has 3 aromatic carbocycles. The Bertz CT molecular complexity index is 1750. The summed E-state index contributed by atoms with van der Waals surface area (Å²) in [4.78, 5) is 20.9. The van der Waals surface area contributed by atoms with Crippen LogP contribution in [0, 0.1) is 6.92 Å². The lowest BCUT2D eigenvalue weighted by Gasteiger charge is -2.19. The number of carbonyl (C=O) groups excluding carboxylic acids is 1. The maximum absolute atomic E-state index is 13.3. The van der Waals surface area contributed by atoms with Crippen molar-refractivity contribution >= 4 is 38.3 Å².